The summed E-state index contributed by atoms with van der Waals surface area (Å²) in [6, 6.07) is 19.7. The normalized spacial score (nSPS) is 11.2. The van der Waals surface area contributed by atoms with Crippen LogP contribution in [0.4, 0.5) is 0 Å². The summed E-state index contributed by atoms with van der Waals surface area (Å²) in [5.74, 6) is -0.984. The van der Waals surface area contributed by atoms with E-state index in [1.807, 2.05) is 48.5 Å². The molecular weight excluding hydrogens is 404 g/mol. The number of esters is 2. The van der Waals surface area contributed by atoms with Gasteiger partial charge in [0.25, 0.3) is 0 Å². The number of carbonyl (C=O) groups excluding carboxylic acids is 2. The van der Waals surface area contributed by atoms with Crippen LogP contribution in [0.25, 0.3) is 0 Å². The lowest BCUT2D eigenvalue weighted by Gasteiger charge is -2.29. The van der Waals surface area contributed by atoms with Crippen LogP contribution >= 0.6 is 0 Å². The molecular formula is C27H36O5. The van der Waals surface area contributed by atoms with Crippen molar-refractivity contribution >= 4 is 11.9 Å². The topological polar surface area (TPSA) is 61.8 Å². The maximum Gasteiger partial charge on any atom is 0.323 e. The first-order chi connectivity index (χ1) is 15.6. The summed E-state index contributed by atoms with van der Waals surface area (Å²) >= 11 is 0. The average Bonchev–Trinajstić information content (AvgIpc) is 2.81. The summed E-state index contributed by atoms with van der Waals surface area (Å²) < 4.78 is 16.4. The van der Waals surface area contributed by atoms with Crippen molar-refractivity contribution in [3.05, 3.63) is 71.8 Å². The SMILES string of the molecule is CCOC(=O)C(CCCCCCOCc1ccccc1)(Cc1ccccc1)C(=O)OCC. The second-order valence-corrected chi connectivity index (χ2v) is 7.89. The van der Waals surface area contributed by atoms with Crippen molar-refractivity contribution in [2.24, 2.45) is 5.41 Å². The number of ether oxygens (including phenoxy) is 3. The van der Waals surface area contributed by atoms with Crippen molar-refractivity contribution in [3.63, 3.8) is 0 Å². The van der Waals surface area contributed by atoms with Crippen LogP contribution in [0.3, 0.4) is 0 Å². The minimum absolute atomic E-state index is 0.230. The summed E-state index contributed by atoms with van der Waals surface area (Å²) in [4.78, 5) is 26.0. The van der Waals surface area contributed by atoms with E-state index < -0.39 is 17.4 Å². The highest BCUT2D eigenvalue weighted by atomic mass is 16.6. The van der Waals surface area contributed by atoms with Crippen LogP contribution in [0.2, 0.25) is 0 Å². The van der Waals surface area contributed by atoms with Crippen molar-refractivity contribution in [2.45, 2.75) is 59.0 Å². The van der Waals surface area contributed by atoms with E-state index in [2.05, 4.69) is 12.1 Å². The number of unbranched alkanes of at least 4 members (excludes halogenated alkanes) is 3. The Kier molecular flexibility index (Phi) is 11.5. The fourth-order valence-corrected chi connectivity index (χ4v) is 3.75. The number of carbonyl (C=O) groups is 2. The Morgan fingerprint density at radius 3 is 1.81 bits per heavy atom. The van der Waals surface area contributed by atoms with E-state index in [1.54, 1.807) is 13.8 Å². The van der Waals surface area contributed by atoms with Gasteiger partial charge in [-0.3, -0.25) is 9.59 Å². The van der Waals surface area contributed by atoms with Crippen LogP contribution in [-0.2, 0) is 36.8 Å². The van der Waals surface area contributed by atoms with Crippen LogP contribution < -0.4 is 0 Å². The van der Waals surface area contributed by atoms with Gasteiger partial charge in [-0.1, -0.05) is 79.9 Å². The van der Waals surface area contributed by atoms with Crippen molar-refractivity contribution < 1.29 is 23.8 Å². The zero-order valence-electron chi connectivity index (χ0n) is 19.4. The number of hydrogen-bond acceptors (Lipinski definition) is 5. The summed E-state index contributed by atoms with van der Waals surface area (Å²) in [6.45, 7) is 5.28. The van der Waals surface area contributed by atoms with E-state index in [0.29, 0.717) is 19.6 Å². The Morgan fingerprint density at radius 1 is 0.719 bits per heavy atom. The molecule has 0 fully saturated rings. The lowest BCUT2D eigenvalue weighted by atomic mass is 9.77. The van der Waals surface area contributed by atoms with E-state index in [1.165, 1.54) is 5.56 Å². The second-order valence-electron chi connectivity index (χ2n) is 7.89. The highest BCUT2D eigenvalue weighted by Crippen LogP contribution is 2.33. The van der Waals surface area contributed by atoms with Gasteiger partial charge in [-0.2, -0.15) is 0 Å². The van der Waals surface area contributed by atoms with E-state index in [4.69, 9.17) is 14.2 Å². The molecule has 0 aliphatic rings. The summed E-state index contributed by atoms with van der Waals surface area (Å²) in [5, 5.41) is 0. The molecule has 0 heterocycles. The van der Waals surface area contributed by atoms with Gasteiger partial charge in [-0.05, 0) is 44.2 Å². The lowest BCUT2D eigenvalue weighted by Crippen LogP contribution is -2.44. The van der Waals surface area contributed by atoms with Gasteiger partial charge >= 0.3 is 11.9 Å². The van der Waals surface area contributed by atoms with Crippen molar-refractivity contribution in [1.29, 1.82) is 0 Å². The van der Waals surface area contributed by atoms with Crippen molar-refractivity contribution in [1.82, 2.24) is 0 Å². The fourth-order valence-electron chi connectivity index (χ4n) is 3.75. The molecule has 32 heavy (non-hydrogen) atoms. The molecule has 0 aliphatic carbocycles. The van der Waals surface area contributed by atoms with Gasteiger partial charge < -0.3 is 14.2 Å². The summed E-state index contributed by atoms with van der Waals surface area (Å²) in [5.41, 5.74) is 0.780. The molecule has 0 aliphatic heterocycles. The van der Waals surface area contributed by atoms with E-state index in [0.717, 1.165) is 31.2 Å². The Bertz CT molecular complexity index is 770. The van der Waals surface area contributed by atoms with E-state index in [-0.39, 0.29) is 19.6 Å². The van der Waals surface area contributed by atoms with Gasteiger partial charge in [0, 0.05) is 6.61 Å². The predicted molar refractivity (Wildman–Crippen MR) is 125 cm³/mol. The standard InChI is InChI=1S/C27H36O5/c1-3-31-25(28)27(26(29)32-4-2,21-23-15-9-7-10-16-23)19-13-5-6-14-20-30-22-24-17-11-8-12-18-24/h7-12,15-18H,3-6,13-14,19-22H2,1-2H3. The van der Waals surface area contributed by atoms with Crippen LogP contribution in [0.5, 0.6) is 0 Å². The largest absolute Gasteiger partial charge is 0.465 e. The maximum atomic E-state index is 13.0. The highest BCUT2D eigenvalue weighted by Gasteiger charge is 2.48. The molecule has 0 atom stereocenters. The second kappa shape index (κ2) is 14.4. The zero-order chi connectivity index (χ0) is 23.1. The van der Waals surface area contributed by atoms with Gasteiger partial charge in [0.05, 0.1) is 19.8 Å². The minimum atomic E-state index is -1.31. The number of rotatable bonds is 15. The Hall–Kier alpha value is -2.66. The first-order valence-corrected chi connectivity index (χ1v) is 11.6. The number of benzene rings is 2. The minimum Gasteiger partial charge on any atom is -0.465 e. The molecule has 174 valence electrons. The monoisotopic (exact) mass is 440 g/mol. The maximum absolute atomic E-state index is 13.0. The molecule has 0 spiro atoms. The van der Waals surface area contributed by atoms with Crippen LogP contribution in [0, 0.1) is 5.41 Å². The Labute approximate surface area is 192 Å². The molecule has 5 nitrogen and oxygen atoms in total. The molecule has 2 rings (SSSR count). The van der Waals surface area contributed by atoms with E-state index in [9.17, 15) is 9.59 Å². The third-order valence-corrected chi connectivity index (χ3v) is 5.43. The number of hydrogen-bond donors (Lipinski definition) is 0. The van der Waals surface area contributed by atoms with E-state index >= 15 is 0 Å². The van der Waals surface area contributed by atoms with Crippen LogP contribution in [0.1, 0.15) is 57.1 Å². The van der Waals surface area contributed by atoms with Gasteiger partial charge in [-0.25, -0.2) is 0 Å². The Balaban J connectivity index is 1.90. The zero-order valence-corrected chi connectivity index (χ0v) is 19.4. The van der Waals surface area contributed by atoms with Gasteiger partial charge in [0.2, 0.25) is 0 Å². The molecule has 0 radical (unpaired) electrons. The van der Waals surface area contributed by atoms with Crippen LogP contribution in [-0.4, -0.2) is 31.8 Å². The lowest BCUT2D eigenvalue weighted by molar-refractivity contribution is -0.172. The summed E-state index contributed by atoms with van der Waals surface area (Å²) in [6.07, 6.45) is 4.25. The first kappa shape index (κ1) is 25.6. The smallest absolute Gasteiger partial charge is 0.323 e. The third kappa shape index (κ3) is 8.12. The third-order valence-electron chi connectivity index (χ3n) is 5.43. The van der Waals surface area contributed by atoms with Crippen molar-refractivity contribution in [2.75, 3.05) is 19.8 Å². The predicted octanol–water partition coefficient (Wildman–Crippen LogP) is 5.51. The molecule has 2 aromatic carbocycles. The summed E-state index contributed by atoms with van der Waals surface area (Å²) in [7, 11) is 0. The molecule has 0 aromatic heterocycles. The molecule has 0 saturated heterocycles. The van der Waals surface area contributed by atoms with Crippen molar-refractivity contribution in [3.8, 4) is 0 Å². The van der Waals surface area contributed by atoms with Gasteiger partial charge in [0.1, 0.15) is 0 Å². The molecule has 2 aromatic rings. The molecule has 0 unspecified atom stereocenters. The fraction of sp³-hybridized carbons (Fsp3) is 0.481. The average molecular weight is 441 g/mol. The van der Waals surface area contributed by atoms with Crippen LogP contribution in [0.15, 0.2) is 60.7 Å². The van der Waals surface area contributed by atoms with Gasteiger partial charge in [0.15, 0.2) is 5.41 Å². The molecule has 0 N–H and O–H groups in total. The Morgan fingerprint density at radius 2 is 1.25 bits per heavy atom. The first-order valence-electron chi connectivity index (χ1n) is 11.6. The molecule has 0 amide bonds. The molecule has 0 bridgehead atoms. The molecule has 5 heteroatoms. The quantitative estimate of drug-likeness (QED) is 0.208. The molecule has 0 saturated carbocycles. The van der Waals surface area contributed by atoms with Gasteiger partial charge in [-0.15, -0.1) is 0 Å². The highest BCUT2D eigenvalue weighted by molar-refractivity contribution is 6.00.